The van der Waals surface area contributed by atoms with Crippen molar-refractivity contribution < 1.29 is 23.8 Å². The van der Waals surface area contributed by atoms with Crippen molar-refractivity contribution in [2.24, 2.45) is 0 Å². The zero-order valence-electron chi connectivity index (χ0n) is 47.1. The third-order valence-electron chi connectivity index (χ3n) is 14.8. The van der Waals surface area contributed by atoms with Crippen LogP contribution in [0.5, 0.6) is 17.2 Å². The number of ketones is 2. The Morgan fingerprint density at radius 2 is 0.694 bits per heavy atom. The van der Waals surface area contributed by atoms with Crippen LogP contribution in [0.1, 0.15) is 318 Å². The number of benzene rings is 1. The molecule has 0 fully saturated rings. The lowest BCUT2D eigenvalue weighted by Crippen LogP contribution is -2.09. The number of carbonyl (C=O) groups is 2. The molecule has 0 spiro atoms. The van der Waals surface area contributed by atoms with Crippen LogP contribution >= 0.6 is 0 Å². The third-order valence-corrected chi connectivity index (χ3v) is 14.8. The van der Waals surface area contributed by atoms with Crippen molar-refractivity contribution in [3.63, 3.8) is 0 Å². The van der Waals surface area contributed by atoms with Gasteiger partial charge in [0, 0.05) is 17.5 Å². The van der Waals surface area contributed by atoms with Crippen molar-refractivity contribution in [3.8, 4) is 28.5 Å². The van der Waals surface area contributed by atoms with Gasteiger partial charge in [0.25, 0.3) is 0 Å². The first-order chi connectivity index (χ1) is 35.6. The van der Waals surface area contributed by atoms with Gasteiger partial charge in [0.2, 0.25) is 5.75 Å². The molecule has 2 heterocycles. The Morgan fingerprint density at radius 1 is 0.375 bits per heavy atom. The van der Waals surface area contributed by atoms with Crippen LogP contribution in [0.15, 0.2) is 42.6 Å². The van der Waals surface area contributed by atoms with E-state index in [9.17, 15) is 9.59 Å². The smallest absolute Gasteiger partial charge is 0.203 e. The topological polar surface area (TPSA) is 93.4 Å². The van der Waals surface area contributed by atoms with Crippen molar-refractivity contribution in [1.82, 2.24) is 9.97 Å². The molecule has 7 nitrogen and oxygen atoms in total. The maximum atomic E-state index is 13.3. The van der Waals surface area contributed by atoms with E-state index in [0.29, 0.717) is 48.5 Å². The van der Waals surface area contributed by atoms with Crippen LogP contribution in [0, 0.1) is 0 Å². The Balaban J connectivity index is 1.59. The van der Waals surface area contributed by atoms with Crippen LogP contribution in [-0.2, 0) is 0 Å². The van der Waals surface area contributed by atoms with Gasteiger partial charge in [-0.05, 0) is 55.7 Å². The Bertz CT molecular complexity index is 1640. The van der Waals surface area contributed by atoms with E-state index in [-0.39, 0.29) is 18.0 Å². The van der Waals surface area contributed by atoms with Crippen LogP contribution in [0.4, 0.5) is 0 Å². The Hall–Kier alpha value is -3.48. The molecule has 1 aromatic carbocycles. The summed E-state index contributed by atoms with van der Waals surface area (Å²) in [4.78, 5) is 32.4. The second kappa shape index (κ2) is 45.0. The molecule has 0 amide bonds. The number of nitrogens with one attached hydrogen (secondary N) is 2. The summed E-state index contributed by atoms with van der Waals surface area (Å²) in [5.41, 5.74) is 2.52. The number of rotatable bonds is 53. The lowest BCUT2D eigenvalue weighted by molar-refractivity contribution is 0.0889. The largest absolute Gasteiger partial charge is 0.490 e. The predicted molar refractivity (Wildman–Crippen MR) is 308 cm³/mol. The van der Waals surface area contributed by atoms with Crippen LogP contribution < -0.4 is 14.2 Å². The van der Waals surface area contributed by atoms with Crippen molar-refractivity contribution in [2.75, 3.05) is 19.8 Å². The molecule has 2 aromatic heterocycles. The molecule has 3 aromatic rings. The number of carbonyl (C=O) groups excluding carboxylic acids is 2. The lowest BCUT2D eigenvalue weighted by Gasteiger charge is -2.19. The molecular formula is C65H110N2O5. The molecule has 0 atom stereocenters. The minimum atomic E-state index is -0.238. The molecule has 0 aliphatic heterocycles. The summed E-state index contributed by atoms with van der Waals surface area (Å²) in [5, 5.41) is 0. The van der Waals surface area contributed by atoms with Gasteiger partial charge in [-0.15, -0.1) is 0 Å². The first-order valence-corrected chi connectivity index (χ1v) is 31.0. The molecule has 0 bridgehead atoms. The fourth-order valence-corrected chi connectivity index (χ4v) is 10.1. The quantitative estimate of drug-likeness (QED) is 0.0334. The minimum Gasteiger partial charge on any atom is -0.490 e. The first kappa shape index (κ1) is 62.8. The summed E-state index contributed by atoms with van der Waals surface area (Å²) in [6.45, 7) is 8.73. The van der Waals surface area contributed by atoms with Crippen molar-refractivity contribution >= 4 is 11.6 Å². The number of aromatic nitrogens is 2. The zero-order chi connectivity index (χ0) is 51.2. The highest BCUT2D eigenvalue weighted by atomic mass is 16.5. The fourth-order valence-electron chi connectivity index (χ4n) is 10.1. The standard InChI is InChI=1S/C65H110N2O5/c1-4-7-10-13-16-19-22-25-28-31-34-37-40-43-51-70-63-54-57(58-48-49-60(67-58)62(69)56-61(68)59-47-46-50-66-59)55-64(71-52-44-41-38-35-32-29-26-23-20-17-14-11-8-5-2)65(63)72-53-45-42-39-36-33-30-27-24-21-18-15-12-9-6-3/h46-50,54-55,66-67H,4-45,51-53,56H2,1-3H3. The van der Waals surface area contributed by atoms with Gasteiger partial charge in [0.05, 0.1) is 37.6 Å². The zero-order valence-corrected chi connectivity index (χ0v) is 47.1. The van der Waals surface area contributed by atoms with Gasteiger partial charge in [-0.3, -0.25) is 9.59 Å². The second-order valence-corrected chi connectivity index (χ2v) is 21.5. The number of unbranched alkanes of at least 4 members (excludes halogenated alkanes) is 39. The molecule has 0 aliphatic carbocycles. The van der Waals surface area contributed by atoms with E-state index in [1.165, 1.54) is 231 Å². The van der Waals surface area contributed by atoms with E-state index in [1.807, 2.05) is 18.2 Å². The maximum Gasteiger partial charge on any atom is 0.203 e. The summed E-state index contributed by atoms with van der Waals surface area (Å²) in [6, 6.07) is 11.3. The Kier molecular flexibility index (Phi) is 39.2. The highest BCUT2D eigenvalue weighted by Crippen LogP contribution is 2.42. The molecule has 0 unspecified atom stereocenters. The molecule has 0 saturated carbocycles. The molecular weight excluding hydrogens is 889 g/mol. The minimum absolute atomic E-state index is 0.201. The summed E-state index contributed by atoms with van der Waals surface area (Å²) in [5.74, 6) is 1.64. The second-order valence-electron chi connectivity index (χ2n) is 21.5. The number of aromatic amines is 2. The lowest BCUT2D eigenvalue weighted by atomic mass is 10.0. The molecule has 72 heavy (non-hydrogen) atoms. The summed E-state index contributed by atoms with van der Waals surface area (Å²) >= 11 is 0. The van der Waals surface area contributed by atoms with Crippen molar-refractivity contribution in [2.45, 2.75) is 297 Å². The summed E-state index contributed by atoms with van der Waals surface area (Å²) in [7, 11) is 0. The molecule has 0 radical (unpaired) electrons. The number of hydrogen-bond donors (Lipinski definition) is 2. The summed E-state index contributed by atoms with van der Waals surface area (Å²) < 4.78 is 20.0. The number of Topliss-reactive ketones (excluding diaryl/α,β-unsaturated/α-hetero) is 2. The predicted octanol–water partition coefficient (Wildman–Crippen LogP) is 21.0. The van der Waals surface area contributed by atoms with Gasteiger partial charge in [0.1, 0.15) is 0 Å². The maximum absolute atomic E-state index is 13.3. The van der Waals surface area contributed by atoms with E-state index in [0.717, 1.165) is 49.8 Å². The van der Waals surface area contributed by atoms with E-state index in [1.54, 1.807) is 24.4 Å². The average molecular weight is 1000 g/mol. The number of hydrogen-bond acceptors (Lipinski definition) is 5. The van der Waals surface area contributed by atoms with Crippen LogP contribution in [0.2, 0.25) is 0 Å². The van der Waals surface area contributed by atoms with Crippen LogP contribution in [0.3, 0.4) is 0 Å². The average Bonchev–Trinajstić information content (AvgIpc) is 4.13. The molecule has 7 heteroatoms. The van der Waals surface area contributed by atoms with Gasteiger partial charge in [-0.2, -0.15) is 0 Å². The van der Waals surface area contributed by atoms with Gasteiger partial charge in [-0.25, -0.2) is 0 Å². The van der Waals surface area contributed by atoms with Crippen LogP contribution in [-0.4, -0.2) is 41.4 Å². The van der Waals surface area contributed by atoms with Gasteiger partial charge >= 0.3 is 0 Å². The van der Waals surface area contributed by atoms with Gasteiger partial charge in [0.15, 0.2) is 23.1 Å². The van der Waals surface area contributed by atoms with Gasteiger partial charge in [-0.1, -0.05) is 271 Å². The number of H-pyrrole nitrogens is 2. The molecule has 410 valence electrons. The summed E-state index contributed by atoms with van der Waals surface area (Å²) in [6.07, 6.45) is 57.0. The van der Waals surface area contributed by atoms with E-state index < -0.39 is 0 Å². The monoisotopic (exact) mass is 999 g/mol. The van der Waals surface area contributed by atoms with Crippen LogP contribution in [0.25, 0.3) is 11.3 Å². The molecule has 2 N–H and O–H groups in total. The number of ether oxygens (including phenoxy) is 3. The molecule has 3 rings (SSSR count). The highest BCUT2D eigenvalue weighted by molar-refractivity contribution is 6.12. The third kappa shape index (κ3) is 31.3. The Labute approximate surface area is 442 Å². The normalized spacial score (nSPS) is 11.4. The van der Waals surface area contributed by atoms with Crippen molar-refractivity contribution in [1.29, 1.82) is 0 Å². The van der Waals surface area contributed by atoms with Gasteiger partial charge < -0.3 is 24.2 Å². The van der Waals surface area contributed by atoms with E-state index in [2.05, 4.69) is 30.7 Å². The first-order valence-electron chi connectivity index (χ1n) is 31.0. The van der Waals surface area contributed by atoms with E-state index >= 15 is 0 Å². The Morgan fingerprint density at radius 3 is 1.03 bits per heavy atom. The molecule has 0 aliphatic rings. The van der Waals surface area contributed by atoms with Crippen molar-refractivity contribution in [3.05, 3.63) is 54.0 Å². The van der Waals surface area contributed by atoms with E-state index in [4.69, 9.17) is 14.2 Å². The SMILES string of the molecule is CCCCCCCCCCCCCCCCOc1cc(-c2ccc(C(=O)CC(=O)c3ccc[nH]3)[nH]2)cc(OCCCCCCCCCCCCCCCC)c1OCCCCCCCCCCCCCCCC. The molecule has 0 saturated heterocycles. The fraction of sp³-hybridized carbons (Fsp3) is 0.754. The highest BCUT2D eigenvalue weighted by Gasteiger charge is 2.20.